The number of aliphatic hydroxyl groups excluding tert-OH is 3. The van der Waals surface area contributed by atoms with E-state index in [-0.39, 0.29) is 6.61 Å². The molecule has 0 aliphatic carbocycles. The Balaban J connectivity index is 2.63. The van der Waals surface area contributed by atoms with Gasteiger partial charge >= 0.3 is 0 Å². The molecule has 5 N–H and O–H groups in total. The summed E-state index contributed by atoms with van der Waals surface area (Å²) < 4.78 is 5.01. The molecule has 0 spiro atoms. The Labute approximate surface area is 75.5 Å². The maximum Gasteiger partial charge on any atom is 0.118 e. The summed E-state index contributed by atoms with van der Waals surface area (Å²) in [5.74, 6) is 0. The van der Waals surface area contributed by atoms with Gasteiger partial charge in [0.2, 0.25) is 0 Å². The van der Waals surface area contributed by atoms with E-state index in [1.807, 2.05) is 0 Å². The molecule has 0 saturated carbocycles. The molecule has 6 heteroatoms. The van der Waals surface area contributed by atoms with E-state index in [0.717, 1.165) is 0 Å². The fourth-order valence-corrected chi connectivity index (χ4v) is 1.45. The Hall–Kier alpha value is 0.150. The minimum atomic E-state index is -1.15. The zero-order valence-corrected chi connectivity index (χ0v) is 7.26. The third-order valence-electron chi connectivity index (χ3n) is 1.95. The number of ether oxygens (including phenoxy) is 1. The highest BCUT2D eigenvalue weighted by Gasteiger charge is 2.40. The van der Waals surface area contributed by atoms with Crippen LogP contribution < -0.4 is 5.73 Å². The topological polar surface area (TPSA) is 95.9 Å². The van der Waals surface area contributed by atoms with Crippen molar-refractivity contribution in [3.05, 3.63) is 0 Å². The quantitative estimate of drug-likeness (QED) is 0.303. The summed E-state index contributed by atoms with van der Waals surface area (Å²) >= 11 is 3.94. The van der Waals surface area contributed by atoms with Crippen molar-refractivity contribution in [1.82, 2.24) is 0 Å². The minimum absolute atomic E-state index is 0.359. The Morgan fingerprint density at radius 2 is 1.92 bits per heavy atom. The average molecular weight is 195 g/mol. The molecule has 5 atom stereocenters. The van der Waals surface area contributed by atoms with Gasteiger partial charge in [0, 0.05) is 0 Å². The highest BCUT2D eigenvalue weighted by Crippen LogP contribution is 2.21. The van der Waals surface area contributed by atoms with Gasteiger partial charge in [0.1, 0.15) is 23.7 Å². The molecule has 5 nitrogen and oxygen atoms in total. The van der Waals surface area contributed by atoms with Crippen LogP contribution in [0.4, 0.5) is 0 Å². The Morgan fingerprint density at radius 3 is 2.42 bits per heavy atom. The van der Waals surface area contributed by atoms with Crippen LogP contribution in [0.25, 0.3) is 0 Å². The standard InChI is InChI=1S/C6H13NO4S/c7-3-5(10)4(9)2(1-8)11-6(3)12/h2-6,8-10,12H,1,7H2/t2-,3+,4-,5-,6?/m1/s1. The Bertz CT molecular complexity index is 154. The van der Waals surface area contributed by atoms with Crippen molar-refractivity contribution in [1.29, 1.82) is 0 Å². The normalized spacial score (nSPS) is 49.2. The van der Waals surface area contributed by atoms with Gasteiger partial charge in [-0.25, -0.2) is 0 Å². The van der Waals surface area contributed by atoms with Crippen LogP contribution in [0.1, 0.15) is 0 Å². The molecule has 0 aromatic carbocycles. The van der Waals surface area contributed by atoms with Gasteiger partial charge in [-0.3, -0.25) is 0 Å². The third kappa shape index (κ3) is 1.73. The fourth-order valence-electron chi connectivity index (χ4n) is 1.12. The second-order valence-electron chi connectivity index (χ2n) is 2.81. The average Bonchev–Trinajstić information content (AvgIpc) is 2.08. The summed E-state index contributed by atoms with van der Waals surface area (Å²) in [5.41, 5.74) is 4.78. The lowest BCUT2D eigenvalue weighted by Gasteiger charge is -2.38. The van der Waals surface area contributed by atoms with Gasteiger partial charge in [0.05, 0.1) is 12.6 Å². The van der Waals surface area contributed by atoms with Crippen molar-refractivity contribution in [2.24, 2.45) is 5.73 Å². The van der Waals surface area contributed by atoms with Crippen LogP contribution in [-0.4, -0.2) is 51.7 Å². The van der Waals surface area contributed by atoms with E-state index < -0.39 is 29.8 Å². The number of thiol groups is 1. The summed E-state index contributed by atoms with van der Waals surface area (Å²) in [4.78, 5) is 0. The largest absolute Gasteiger partial charge is 0.394 e. The molecule has 1 rings (SSSR count). The molecule has 1 saturated heterocycles. The first-order valence-electron chi connectivity index (χ1n) is 3.64. The van der Waals surface area contributed by atoms with Crippen molar-refractivity contribution in [3.63, 3.8) is 0 Å². The van der Waals surface area contributed by atoms with Gasteiger partial charge < -0.3 is 25.8 Å². The molecule has 1 aliphatic rings. The van der Waals surface area contributed by atoms with Crippen molar-refractivity contribution in [3.8, 4) is 0 Å². The van der Waals surface area contributed by atoms with Crippen molar-refractivity contribution < 1.29 is 20.1 Å². The molecule has 1 unspecified atom stereocenters. The summed E-state index contributed by atoms with van der Waals surface area (Å²) in [5, 5.41) is 27.3. The summed E-state index contributed by atoms with van der Waals surface area (Å²) in [7, 11) is 0. The van der Waals surface area contributed by atoms with Gasteiger partial charge in [-0.2, -0.15) is 0 Å². The van der Waals surface area contributed by atoms with Crippen LogP contribution in [0.3, 0.4) is 0 Å². The molecular formula is C6H13NO4S. The van der Waals surface area contributed by atoms with Crippen LogP contribution >= 0.6 is 12.6 Å². The zero-order valence-electron chi connectivity index (χ0n) is 6.37. The summed E-state index contributed by atoms with van der Waals surface area (Å²) in [6.07, 6.45) is -3.05. The molecule has 0 aromatic heterocycles. The van der Waals surface area contributed by atoms with Crippen LogP contribution in [0.5, 0.6) is 0 Å². The number of aliphatic hydroxyl groups is 3. The molecule has 0 aromatic rings. The number of hydrogen-bond acceptors (Lipinski definition) is 6. The first-order valence-corrected chi connectivity index (χ1v) is 4.15. The molecule has 0 radical (unpaired) electrons. The monoisotopic (exact) mass is 195 g/mol. The maximum absolute atomic E-state index is 9.30. The number of nitrogens with two attached hydrogens (primary N) is 1. The molecule has 12 heavy (non-hydrogen) atoms. The number of hydrogen-bond donors (Lipinski definition) is 5. The van der Waals surface area contributed by atoms with E-state index in [1.54, 1.807) is 0 Å². The first kappa shape index (κ1) is 10.2. The molecular weight excluding hydrogens is 182 g/mol. The third-order valence-corrected chi connectivity index (χ3v) is 2.41. The van der Waals surface area contributed by atoms with Crippen molar-refractivity contribution in [2.45, 2.75) is 29.8 Å². The van der Waals surface area contributed by atoms with Gasteiger partial charge in [-0.15, -0.1) is 12.6 Å². The van der Waals surface area contributed by atoms with E-state index in [0.29, 0.717) is 0 Å². The lowest BCUT2D eigenvalue weighted by atomic mass is 9.99. The van der Waals surface area contributed by atoms with E-state index in [9.17, 15) is 10.2 Å². The second kappa shape index (κ2) is 3.91. The van der Waals surface area contributed by atoms with E-state index in [2.05, 4.69) is 12.6 Å². The van der Waals surface area contributed by atoms with E-state index in [1.165, 1.54) is 0 Å². The molecule has 1 aliphatic heterocycles. The van der Waals surface area contributed by atoms with Gasteiger partial charge in [0.25, 0.3) is 0 Å². The molecule has 0 amide bonds. The molecule has 1 heterocycles. The van der Waals surface area contributed by atoms with E-state index >= 15 is 0 Å². The van der Waals surface area contributed by atoms with Gasteiger partial charge in [-0.1, -0.05) is 0 Å². The molecule has 0 bridgehead atoms. The summed E-state index contributed by atoms with van der Waals surface area (Å²) in [6, 6.07) is -0.730. The Kier molecular flexibility index (Phi) is 3.33. The van der Waals surface area contributed by atoms with Crippen LogP contribution in [0.15, 0.2) is 0 Å². The molecule has 72 valence electrons. The maximum atomic E-state index is 9.30. The van der Waals surface area contributed by atoms with Gasteiger partial charge in [0.15, 0.2) is 0 Å². The number of rotatable bonds is 1. The van der Waals surface area contributed by atoms with E-state index in [4.69, 9.17) is 15.6 Å². The SMILES string of the molecule is N[C@@H]1C(S)O[C@H](CO)[C@@H](O)[C@@H]1O. The second-order valence-corrected chi connectivity index (χ2v) is 3.32. The van der Waals surface area contributed by atoms with Crippen LogP contribution in [0.2, 0.25) is 0 Å². The van der Waals surface area contributed by atoms with Crippen molar-refractivity contribution in [2.75, 3.05) is 6.61 Å². The summed E-state index contributed by atoms with van der Waals surface area (Å²) in [6.45, 7) is -0.359. The highest BCUT2D eigenvalue weighted by molar-refractivity contribution is 7.80. The van der Waals surface area contributed by atoms with Crippen molar-refractivity contribution >= 4 is 12.6 Å². The van der Waals surface area contributed by atoms with Crippen LogP contribution in [0, 0.1) is 0 Å². The highest BCUT2D eigenvalue weighted by atomic mass is 32.1. The van der Waals surface area contributed by atoms with Gasteiger partial charge in [-0.05, 0) is 0 Å². The lowest BCUT2D eigenvalue weighted by Crippen LogP contribution is -2.60. The minimum Gasteiger partial charge on any atom is -0.394 e. The predicted molar refractivity (Wildman–Crippen MR) is 44.7 cm³/mol. The zero-order chi connectivity index (χ0) is 9.30. The first-order chi connectivity index (χ1) is 5.57. The Morgan fingerprint density at radius 1 is 1.33 bits per heavy atom. The predicted octanol–water partition coefficient (Wildman–Crippen LogP) is -2.32. The smallest absolute Gasteiger partial charge is 0.118 e. The van der Waals surface area contributed by atoms with Crippen LogP contribution in [-0.2, 0) is 4.74 Å². The molecule has 1 fully saturated rings. The lowest BCUT2D eigenvalue weighted by molar-refractivity contribution is -0.165. The fraction of sp³-hybridized carbons (Fsp3) is 1.00.